The van der Waals surface area contributed by atoms with Crippen LogP contribution in [-0.2, 0) is 9.53 Å². The molecule has 1 heterocycles. The number of benzene rings is 1. The van der Waals surface area contributed by atoms with E-state index in [1.54, 1.807) is 0 Å². The number of hydrogen-bond donors (Lipinski definition) is 2. The second-order valence-electron chi connectivity index (χ2n) is 7.31. The Kier molecular flexibility index (Phi) is 6.84. The zero-order chi connectivity index (χ0) is 17.5. The van der Waals surface area contributed by atoms with Crippen molar-refractivity contribution in [3.8, 4) is 0 Å². The predicted octanol–water partition coefficient (Wildman–Crippen LogP) is 2.02. The molecule has 1 saturated carbocycles. The van der Waals surface area contributed by atoms with Crippen LogP contribution in [0.5, 0.6) is 0 Å². The van der Waals surface area contributed by atoms with Gasteiger partial charge in [-0.25, -0.2) is 0 Å². The van der Waals surface area contributed by atoms with Gasteiger partial charge in [-0.1, -0.05) is 42.7 Å². The number of amides is 1. The molecule has 0 aromatic heterocycles. The molecule has 1 aliphatic carbocycles. The van der Waals surface area contributed by atoms with Crippen molar-refractivity contribution in [2.45, 2.75) is 44.7 Å². The first-order valence-corrected chi connectivity index (χ1v) is 9.60. The second kappa shape index (κ2) is 9.32. The first kappa shape index (κ1) is 18.4. The van der Waals surface area contributed by atoms with Gasteiger partial charge in [-0.05, 0) is 25.3 Å². The smallest absolute Gasteiger partial charge is 0.234 e. The summed E-state index contributed by atoms with van der Waals surface area (Å²) in [4.78, 5) is 14.7. The summed E-state index contributed by atoms with van der Waals surface area (Å²) in [5.41, 5.74) is 2.50. The lowest BCUT2D eigenvalue weighted by atomic mass is 10.0. The van der Waals surface area contributed by atoms with Crippen LogP contribution in [0, 0.1) is 6.92 Å². The van der Waals surface area contributed by atoms with Gasteiger partial charge in [-0.15, -0.1) is 0 Å². The normalized spacial score (nSPS) is 20.5. The quantitative estimate of drug-likeness (QED) is 0.794. The van der Waals surface area contributed by atoms with Crippen LogP contribution in [0.3, 0.4) is 0 Å². The Morgan fingerprint density at radius 2 is 1.88 bits per heavy atom. The first-order valence-electron chi connectivity index (χ1n) is 9.60. The van der Waals surface area contributed by atoms with Crippen LogP contribution >= 0.6 is 0 Å². The summed E-state index contributed by atoms with van der Waals surface area (Å²) < 4.78 is 5.45. The summed E-state index contributed by atoms with van der Waals surface area (Å²) in [6.45, 7) is 6.88. The van der Waals surface area contributed by atoms with Gasteiger partial charge >= 0.3 is 0 Å². The monoisotopic (exact) mass is 345 g/mol. The van der Waals surface area contributed by atoms with E-state index in [-0.39, 0.29) is 11.9 Å². The van der Waals surface area contributed by atoms with E-state index in [2.05, 4.69) is 46.7 Å². The molecule has 1 aliphatic heterocycles. The minimum absolute atomic E-state index is 0.117. The number of ether oxygens (including phenoxy) is 1. The van der Waals surface area contributed by atoms with Crippen molar-refractivity contribution in [3.63, 3.8) is 0 Å². The van der Waals surface area contributed by atoms with E-state index in [1.807, 2.05) is 0 Å². The molecule has 138 valence electrons. The number of aryl methyl sites for hydroxylation is 1. The standard InChI is InChI=1S/C20H31N3O2/c1-16-6-8-17(9-7-16)19(15-23-10-12-25-13-11-23)21-14-20(24)22-18-4-2-3-5-18/h6-9,18-19,21H,2-5,10-15H2,1H3,(H,22,24)/t19-/m0/s1. The Bertz CT molecular complexity index is 534. The topological polar surface area (TPSA) is 53.6 Å². The second-order valence-corrected chi connectivity index (χ2v) is 7.31. The van der Waals surface area contributed by atoms with Crippen molar-refractivity contribution in [1.82, 2.24) is 15.5 Å². The summed E-state index contributed by atoms with van der Waals surface area (Å²) in [6, 6.07) is 9.16. The predicted molar refractivity (Wildman–Crippen MR) is 99.6 cm³/mol. The highest BCUT2D eigenvalue weighted by molar-refractivity contribution is 5.78. The number of nitrogens with one attached hydrogen (secondary N) is 2. The van der Waals surface area contributed by atoms with Gasteiger partial charge < -0.3 is 15.4 Å². The third kappa shape index (κ3) is 5.80. The molecule has 0 unspecified atom stereocenters. The van der Waals surface area contributed by atoms with Crippen molar-refractivity contribution in [1.29, 1.82) is 0 Å². The molecule has 1 atom stereocenters. The van der Waals surface area contributed by atoms with Crippen LogP contribution in [-0.4, -0.2) is 56.2 Å². The van der Waals surface area contributed by atoms with E-state index in [0.29, 0.717) is 12.6 Å². The van der Waals surface area contributed by atoms with E-state index in [0.717, 1.165) is 45.7 Å². The van der Waals surface area contributed by atoms with E-state index in [4.69, 9.17) is 4.74 Å². The molecule has 1 saturated heterocycles. The molecule has 1 aromatic carbocycles. The van der Waals surface area contributed by atoms with Crippen LogP contribution in [0.4, 0.5) is 0 Å². The molecular weight excluding hydrogens is 314 g/mol. The third-order valence-corrected chi connectivity index (χ3v) is 5.25. The SMILES string of the molecule is Cc1ccc([C@H](CN2CCOCC2)NCC(=O)NC2CCCC2)cc1. The maximum Gasteiger partial charge on any atom is 0.234 e. The van der Waals surface area contributed by atoms with Gasteiger partial charge in [-0.3, -0.25) is 9.69 Å². The lowest BCUT2D eigenvalue weighted by Crippen LogP contribution is -2.45. The van der Waals surface area contributed by atoms with Gasteiger partial charge in [0.25, 0.3) is 0 Å². The molecule has 0 radical (unpaired) electrons. The molecule has 2 N–H and O–H groups in total. The molecule has 1 amide bonds. The van der Waals surface area contributed by atoms with Crippen molar-refractivity contribution in [3.05, 3.63) is 35.4 Å². The minimum Gasteiger partial charge on any atom is -0.379 e. The highest BCUT2D eigenvalue weighted by atomic mass is 16.5. The minimum atomic E-state index is 0.117. The Hall–Kier alpha value is -1.43. The van der Waals surface area contributed by atoms with Gasteiger partial charge in [0.15, 0.2) is 0 Å². The van der Waals surface area contributed by atoms with Gasteiger partial charge in [0.2, 0.25) is 5.91 Å². The van der Waals surface area contributed by atoms with E-state index >= 15 is 0 Å². The van der Waals surface area contributed by atoms with Crippen molar-refractivity contribution in [2.24, 2.45) is 0 Å². The maximum absolute atomic E-state index is 12.3. The van der Waals surface area contributed by atoms with Crippen molar-refractivity contribution >= 4 is 5.91 Å². The molecule has 2 fully saturated rings. The van der Waals surface area contributed by atoms with Gasteiger partial charge in [0, 0.05) is 31.7 Å². The van der Waals surface area contributed by atoms with Gasteiger partial charge in [0.05, 0.1) is 19.8 Å². The Balaban J connectivity index is 1.56. The lowest BCUT2D eigenvalue weighted by Gasteiger charge is -2.31. The fourth-order valence-corrected chi connectivity index (χ4v) is 3.69. The van der Waals surface area contributed by atoms with Gasteiger partial charge in [0.1, 0.15) is 0 Å². The van der Waals surface area contributed by atoms with Crippen molar-refractivity contribution < 1.29 is 9.53 Å². The summed E-state index contributed by atoms with van der Waals surface area (Å²) in [6.07, 6.45) is 4.73. The first-order chi connectivity index (χ1) is 12.2. The van der Waals surface area contributed by atoms with Gasteiger partial charge in [-0.2, -0.15) is 0 Å². The molecule has 1 aromatic rings. The Morgan fingerprint density at radius 1 is 1.20 bits per heavy atom. The van der Waals surface area contributed by atoms with E-state index in [9.17, 15) is 4.79 Å². The maximum atomic E-state index is 12.3. The third-order valence-electron chi connectivity index (χ3n) is 5.25. The fraction of sp³-hybridized carbons (Fsp3) is 0.650. The van der Waals surface area contributed by atoms with Crippen molar-refractivity contribution in [2.75, 3.05) is 39.4 Å². The number of carbonyl (C=O) groups is 1. The zero-order valence-corrected chi connectivity index (χ0v) is 15.3. The van der Waals surface area contributed by atoms with Crippen LogP contribution in [0.15, 0.2) is 24.3 Å². The molecule has 0 bridgehead atoms. The van der Waals surface area contributed by atoms with Crippen LogP contribution in [0.1, 0.15) is 42.9 Å². The Labute approximate surface area is 151 Å². The molecule has 3 rings (SSSR count). The average molecular weight is 345 g/mol. The number of rotatable bonds is 7. The molecule has 25 heavy (non-hydrogen) atoms. The highest BCUT2D eigenvalue weighted by Gasteiger charge is 2.21. The highest BCUT2D eigenvalue weighted by Crippen LogP contribution is 2.18. The average Bonchev–Trinajstić information content (AvgIpc) is 3.13. The number of nitrogens with zero attached hydrogens (tertiary/aromatic N) is 1. The largest absolute Gasteiger partial charge is 0.379 e. The Morgan fingerprint density at radius 3 is 2.56 bits per heavy atom. The van der Waals surface area contributed by atoms with Crippen LogP contribution in [0.2, 0.25) is 0 Å². The molecular formula is C20H31N3O2. The summed E-state index contributed by atoms with van der Waals surface area (Å²) in [5.74, 6) is 0.117. The van der Waals surface area contributed by atoms with E-state index in [1.165, 1.54) is 24.0 Å². The molecule has 5 heteroatoms. The molecule has 2 aliphatic rings. The lowest BCUT2D eigenvalue weighted by molar-refractivity contribution is -0.121. The summed E-state index contributed by atoms with van der Waals surface area (Å²) in [7, 11) is 0. The summed E-state index contributed by atoms with van der Waals surface area (Å²) >= 11 is 0. The van der Waals surface area contributed by atoms with E-state index < -0.39 is 0 Å². The molecule has 0 spiro atoms. The van der Waals surface area contributed by atoms with Crippen LogP contribution < -0.4 is 10.6 Å². The molecule has 5 nitrogen and oxygen atoms in total. The number of hydrogen-bond acceptors (Lipinski definition) is 4. The number of carbonyl (C=O) groups excluding carboxylic acids is 1. The van der Waals surface area contributed by atoms with Crippen LogP contribution in [0.25, 0.3) is 0 Å². The summed E-state index contributed by atoms with van der Waals surface area (Å²) in [5, 5.41) is 6.65. The fourth-order valence-electron chi connectivity index (χ4n) is 3.69. The zero-order valence-electron chi connectivity index (χ0n) is 15.3. The number of morpholine rings is 1.